The van der Waals surface area contributed by atoms with Crippen molar-refractivity contribution in [1.82, 2.24) is 15.1 Å². The molecule has 1 aromatic heterocycles. The van der Waals surface area contributed by atoms with Crippen LogP contribution in [0.5, 0.6) is 11.5 Å². The second kappa shape index (κ2) is 10.1. The molecule has 3 heterocycles. The molecule has 8 heteroatoms. The maximum absolute atomic E-state index is 13.0. The number of fused-ring (bicyclic) bond motifs is 3. The van der Waals surface area contributed by atoms with E-state index in [4.69, 9.17) is 14.2 Å². The average molecular weight is 537 g/mol. The SMILES string of the molecule is COc1ccc2c(c1)[C@]1(C[C@H]1c1ccc3c(C=Cc4ccc(OCCN5CCOCC5)cc4)n[nH]c3c1)C(=O)N2. The molecule has 1 saturated carbocycles. The lowest BCUT2D eigenvalue weighted by atomic mass is 9.91. The minimum Gasteiger partial charge on any atom is -0.497 e. The summed E-state index contributed by atoms with van der Waals surface area (Å²) in [5, 5.41) is 11.8. The quantitative estimate of drug-likeness (QED) is 0.335. The third-order valence-corrected chi connectivity index (χ3v) is 8.43. The maximum atomic E-state index is 13.0. The predicted octanol–water partition coefficient (Wildman–Crippen LogP) is 4.83. The minimum absolute atomic E-state index is 0.0719. The predicted molar refractivity (Wildman–Crippen MR) is 155 cm³/mol. The highest BCUT2D eigenvalue weighted by Crippen LogP contribution is 2.65. The van der Waals surface area contributed by atoms with Crippen molar-refractivity contribution in [3.63, 3.8) is 0 Å². The Morgan fingerprint density at radius 3 is 2.70 bits per heavy atom. The van der Waals surface area contributed by atoms with Crippen molar-refractivity contribution in [2.75, 3.05) is 51.9 Å². The van der Waals surface area contributed by atoms with E-state index >= 15 is 0 Å². The molecule has 40 heavy (non-hydrogen) atoms. The Kier molecular flexibility index (Phi) is 6.29. The van der Waals surface area contributed by atoms with Gasteiger partial charge in [-0.1, -0.05) is 30.3 Å². The van der Waals surface area contributed by atoms with Gasteiger partial charge in [0.2, 0.25) is 5.91 Å². The van der Waals surface area contributed by atoms with Crippen LogP contribution in [-0.4, -0.2) is 67.6 Å². The number of carbonyl (C=O) groups excluding carboxylic acids is 1. The number of benzene rings is 3. The number of nitrogens with one attached hydrogen (secondary N) is 2. The fourth-order valence-corrected chi connectivity index (χ4v) is 6.07. The summed E-state index contributed by atoms with van der Waals surface area (Å²) in [5.41, 5.74) is 5.47. The second-order valence-electron chi connectivity index (χ2n) is 10.7. The van der Waals surface area contributed by atoms with Crippen LogP contribution < -0.4 is 14.8 Å². The molecule has 3 aromatic carbocycles. The van der Waals surface area contributed by atoms with Gasteiger partial charge in [-0.3, -0.25) is 14.8 Å². The number of amides is 1. The summed E-state index contributed by atoms with van der Waals surface area (Å²) < 4.78 is 16.7. The lowest BCUT2D eigenvalue weighted by Crippen LogP contribution is -2.38. The lowest BCUT2D eigenvalue weighted by Gasteiger charge is -2.26. The van der Waals surface area contributed by atoms with Crippen molar-refractivity contribution in [3.8, 4) is 11.5 Å². The minimum atomic E-state index is -0.515. The molecule has 4 aromatic rings. The normalized spacial score (nSPS) is 22.1. The molecule has 2 fully saturated rings. The van der Waals surface area contributed by atoms with E-state index in [1.807, 2.05) is 36.4 Å². The number of nitrogens with zero attached hydrogens (tertiary/aromatic N) is 2. The Hall–Kier alpha value is -4.14. The van der Waals surface area contributed by atoms with E-state index in [9.17, 15) is 4.79 Å². The van der Waals surface area contributed by atoms with E-state index in [0.29, 0.717) is 6.61 Å². The Morgan fingerprint density at radius 1 is 1.05 bits per heavy atom. The van der Waals surface area contributed by atoms with Crippen LogP contribution in [-0.2, 0) is 14.9 Å². The Bertz CT molecular complexity index is 1590. The number of methoxy groups -OCH3 is 1. The topological polar surface area (TPSA) is 88.7 Å². The number of aromatic nitrogens is 2. The maximum Gasteiger partial charge on any atom is 0.235 e. The monoisotopic (exact) mass is 536 g/mol. The largest absolute Gasteiger partial charge is 0.497 e. The van der Waals surface area contributed by atoms with Crippen molar-refractivity contribution in [2.45, 2.75) is 17.8 Å². The van der Waals surface area contributed by atoms with Gasteiger partial charge in [-0.25, -0.2) is 0 Å². The Labute approximate surface area is 232 Å². The van der Waals surface area contributed by atoms with Crippen LogP contribution in [0.4, 0.5) is 5.69 Å². The highest BCUT2D eigenvalue weighted by molar-refractivity contribution is 6.10. The van der Waals surface area contributed by atoms with Crippen LogP contribution in [0.25, 0.3) is 23.1 Å². The average Bonchev–Trinajstić information content (AvgIpc) is 3.53. The molecule has 1 spiro atoms. The summed E-state index contributed by atoms with van der Waals surface area (Å²) in [5.74, 6) is 1.84. The molecular weight excluding hydrogens is 504 g/mol. The molecule has 0 unspecified atom stereocenters. The van der Waals surface area contributed by atoms with Crippen LogP contribution in [0.3, 0.4) is 0 Å². The fourth-order valence-electron chi connectivity index (χ4n) is 6.07. The number of ether oxygens (including phenoxy) is 3. The van der Waals surface area contributed by atoms with Gasteiger partial charge in [0.25, 0.3) is 0 Å². The van der Waals surface area contributed by atoms with Gasteiger partial charge in [-0.15, -0.1) is 0 Å². The third kappa shape index (κ3) is 4.43. The highest BCUT2D eigenvalue weighted by Gasteiger charge is 2.65. The highest BCUT2D eigenvalue weighted by atomic mass is 16.5. The zero-order valence-electron chi connectivity index (χ0n) is 22.5. The van der Waals surface area contributed by atoms with Gasteiger partial charge in [-0.2, -0.15) is 5.10 Å². The number of rotatable bonds is 8. The summed E-state index contributed by atoms with van der Waals surface area (Å²) >= 11 is 0. The summed E-state index contributed by atoms with van der Waals surface area (Å²) in [6.07, 6.45) is 4.88. The van der Waals surface area contributed by atoms with Crippen molar-refractivity contribution < 1.29 is 19.0 Å². The first-order valence-corrected chi connectivity index (χ1v) is 13.8. The van der Waals surface area contributed by atoms with E-state index in [0.717, 1.165) is 89.7 Å². The first-order valence-electron chi connectivity index (χ1n) is 13.8. The van der Waals surface area contributed by atoms with Crippen molar-refractivity contribution >= 4 is 34.6 Å². The summed E-state index contributed by atoms with van der Waals surface area (Å²) in [6, 6.07) is 20.3. The number of hydrogen-bond donors (Lipinski definition) is 2. The molecule has 8 nitrogen and oxygen atoms in total. The molecule has 3 aliphatic rings. The molecule has 2 aliphatic heterocycles. The third-order valence-electron chi connectivity index (χ3n) is 8.43. The molecule has 1 saturated heterocycles. The van der Waals surface area contributed by atoms with E-state index in [-0.39, 0.29) is 11.8 Å². The van der Waals surface area contributed by atoms with Crippen molar-refractivity contribution in [1.29, 1.82) is 0 Å². The molecule has 0 bridgehead atoms. The number of H-pyrrole nitrogens is 1. The van der Waals surface area contributed by atoms with Gasteiger partial charge in [0.1, 0.15) is 18.1 Å². The molecule has 2 atom stereocenters. The van der Waals surface area contributed by atoms with E-state index in [2.05, 4.69) is 56.8 Å². The first kappa shape index (κ1) is 24.9. The second-order valence-corrected chi connectivity index (χ2v) is 10.7. The van der Waals surface area contributed by atoms with Gasteiger partial charge in [0, 0.05) is 36.6 Å². The van der Waals surface area contributed by atoms with Crippen LogP contribution in [0.2, 0.25) is 0 Å². The molecule has 7 rings (SSSR count). The van der Waals surface area contributed by atoms with Crippen molar-refractivity contribution in [3.05, 3.63) is 83.0 Å². The number of hydrogen-bond acceptors (Lipinski definition) is 6. The number of morpholine rings is 1. The molecule has 204 valence electrons. The lowest BCUT2D eigenvalue weighted by molar-refractivity contribution is -0.118. The number of anilines is 1. The Morgan fingerprint density at radius 2 is 1.88 bits per heavy atom. The van der Waals surface area contributed by atoms with E-state index < -0.39 is 5.41 Å². The molecule has 1 aliphatic carbocycles. The van der Waals surface area contributed by atoms with Gasteiger partial charge in [-0.05, 0) is 65.6 Å². The molecule has 2 N–H and O–H groups in total. The number of aromatic amines is 1. The fraction of sp³-hybridized carbons (Fsp3) is 0.312. The standard InChI is InChI=1S/C32H32N4O4/c1-38-24-8-11-29-26(19-24)32(31(37)33-29)20-27(32)22-5-9-25-28(34-35-30(25)18-22)10-4-21-2-6-23(7-3-21)40-17-14-36-12-15-39-16-13-36/h2-11,18-19,27H,12-17,20H2,1H3,(H,33,37)(H,34,35)/t27-,32-/m0/s1. The summed E-state index contributed by atoms with van der Waals surface area (Å²) in [4.78, 5) is 15.4. The van der Waals surface area contributed by atoms with Gasteiger partial charge in [0.05, 0.1) is 36.9 Å². The van der Waals surface area contributed by atoms with Crippen LogP contribution in [0.15, 0.2) is 60.7 Å². The summed E-state index contributed by atoms with van der Waals surface area (Å²) in [7, 11) is 1.65. The van der Waals surface area contributed by atoms with E-state index in [1.54, 1.807) is 7.11 Å². The zero-order valence-corrected chi connectivity index (χ0v) is 22.5. The number of carbonyl (C=O) groups is 1. The zero-order chi connectivity index (χ0) is 27.1. The van der Waals surface area contributed by atoms with Crippen LogP contribution >= 0.6 is 0 Å². The Balaban J connectivity index is 1.02. The van der Waals surface area contributed by atoms with E-state index in [1.165, 1.54) is 0 Å². The molecule has 1 amide bonds. The molecular formula is C32H32N4O4. The van der Waals surface area contributed by atoms with Gasteiger partial charge in [0.15, 0.2) is 0 Å². The smallest absolute Gasteiger partial charge is 0.235 e. The van der Waals surface area contributed by atoms with Gasteiger partial charge >= 0.3 is 0 Å². The molecule has 0 radical (unpaired) electrons. The van der Waals surface area contributed by atoms with Crippen molar-refractivity contribution in [2.24, 2.45) is 0 Å². The van der Waals surface area contributed by atoms with Gasteiger partial charge < -0.3 is 19.5 Å². The van der Waals surface area contributed by atoms with Crippen LogP contribution in [0.1, 0.15) is 34.7 Å². The van der Waals surface area contributed by atoms with Crippen LogP contribution in [0, 0.1) is 0 Å². The first-order chi connectivity index (χ1) is 19.6. The summed E-state index contributed by atoms with van der Waals surface area (Å²) in [6.45, 7) is 5.13.